The summed E-state index contributed by atoms with van der Waals surface area (Å²) >= 11 is 0. The summed E-state index contributed by atoms with van der Waals surface area (Å²) in [6, 6.07) is 5.57. The standard InChI is InChI=1S/C14H20N4O/c1-3-7-15-14(19)12-5-4-6-13(16-12)18-10-8-17(2)9-11-18/h3-6H,1,7-11H2,2H3,(H,15,19). The summed E-state index contributed by atoms with van der Waals surface area (Å²) in [6.45, 7) is 7.97. The maximum atomic E-state index is 11.8. The highest BCUT2D eigenvalue weighted by Crippen LogP contribution is 2.13. The Hall–Kier alpha value is -1.88. The van der Waals surface area contributed by atoms with Crippen molar-refractivity contribution in [3.8, 4) is 0 Å². The highest BCUT2D eigenvalue weighted by molar-refractivity contribution is 5.92. The number of rotatable bonds is 4. The fourth-order valence-electron chi connectivity index (χ4n) is 2.02. The van der Waals surface area contributed by atoms with Gasteiger partial charge in [0.05, 0.1) is 0 Å². The minimum Gasteiger partial charge on any atom is -0.354 e. The van der Waals surface area contributed by atoms with Crippen molar-refractivity contribution in [3.05, 3.63) is 36.5 Å². The van der Waals surface area contributed by atoms with Gasteiger partial charge in [0.25, 0.3) is 5.91 Å². The normalized spacial score (nSPS) is 16.2. The van der Waals surface area contributed by atoms with Crippen molar-refractivity contribution < 1.29 is 4.79 Å². The number of nitrogens with one attached hydrogen (secondary N) is 1. The van der Waals surface area contributed by atoms with Crippen molar-refractivity contribution >= 4 is 11.7 Å². The predicted molar refractivity (Wildman–Crippen MR) is 76.5 cm³/mol. The molecule has 1 aliphatic rings. The van der Waals surface area contributed by atoms with Crippen molar-refractivity contribution in [2.24, 2.45) is 0 Å². The number of nitrogens with zero attached hydrogens (tertiary/aromatic N) is 3. The second-order valence-corrected chi connectivity index (χ2v) is 4.67. The number of carbonyl (C=O) groups excluding carboxylic acids is 1. The molecule has 2 heterocycles. The molecular weight excluding hydrogens is 240 g/mol. The third kappa shape index (κ3) is 3.54. The molecule has 1 aromatic heterocycles. The van der Waals surface area contributed by atoms with E-state index >= 15 is 0 Å². The van der Waals surface area contributed by atoms with Crippen LogP contribution < -0.4 is 10.2 Å². The Labute approximate surface area is 113 Å². The Morgan fingerprint density at radius 1 is 1.42 bits per heavy atom. The monoisotopic (exact) mass is 260 g/mol. The smallest absolute Gasteiger partial charge is 0.270 e. The van der Waals surface area contributed by atoms with Gasteiger partial charge in [-0.2, -0.15) is 0 Å². The van der Waals surface area contributed by atoms with Crippen molar-refractivity contribution in [2.75, 3.05) is 44.7 Å². The van der Waals surface area contributed by atoms with Crippen LogP contribution in [0.15, 0.2) is 30.9 Å². The van der Waals surface area contributed by atoms with Gasteiger partial charge >= 0.3 is 0 Å². The van der Waals surface area contributed by atoms with Crippen LogP contribution in [0.1, 0.15) is 10.5 Å². The van der Waals surface area contributed by atoms with Crippen molar-refractivity contribution in [2.45, 2.75) is 0 Å². The number of pyridine rings is 1. The Kier molecular flexibility index (Phi) is 4.52. The molecule has 5 nitrogen and oxygen atoms in total. The molecule has 0 radical (unpaired) electrons. The van der Waals surface area contributed by atoms with Crippen molar-refractivity contribution in [3.63, 3.8) is 0 Å². The van der Waals surface area contributed by atoms with Crippen LogP contribution in [0.4, 0.5) is 5.82 Å². The Morgan fingerprint density at radius 2 is 2.16 bits per heavy atom. The lowest BCUT2D eigenvalue weighted by molar-refractivity contribution is 0.0953. The number of carbonyl (C=O) groups is 1. The molecule has 1 saturated heterocycles. The van der Waals surface area contributed by atoms with E-state index in [1.165, 1.54) is 0 Å². The first-order valence-corrected chi connectivity index (χ1v) is 6.50. The quantitative estimate of drug-likeness (QED) is 0.812. The van der Waals surface area contributed by atoms with E-state index in [4.69, 9.17) is 0 Å². The lowest BCUT2D eigenvalue weighted by atomic mass is 10.3. The molecule has 1 amide bonds. The molecule has 0 aromatic carbocycles. The Bertz CT molecular complexity index is 453. The van der Waals surface area contributed by atoms with Gasteiger partial charge in [0.1, 0.15) is 11.5 Å². The molecule has 0 saturated carbocycles. The van der Waals surface area contributed by atoms with E-state index in [1.54, 1.807) is 12.1 Å². The van der Waals surface area contributed by atoms with Gasteiger partial charge < -0.3 is 15.1 Å². The molecule has 0 atom stereocenters. The number of likely N-dealkylation sites (N-methyl/N-ethyl adjacent to an activating group) is 1. The molecular formula is C14H20N4O. The molecule has 102 valence electrons. The van der Waals surface area contributed by atoms with E-state index < -0.39 is 0 Å². The molecule has 19 heavy (non-hydrogen) atoms. The summed E-state index contributed by atoms with van der Waals surface area (Å²) in [5.74, 6) is 0.718. The summed E-state index contributed by atoms with van der Waals surface area (Å²) in [7, 11) is 2.12. The second kappa shape index (κ2) is 6.33. The van der Waals surface area contributed by atoms with Crippen molar-refractivity contribution in [1.82, 2.24) is 15.2 Å². The minimum absolute atomic E-state index is 0.157. The molecule has 2 rings (SSSR count). The highest BCUT2D eigenvalue weighted by Gasteiger charge is 2.16. The van der Waals surface area contributed by atoms with Gasteiger partial charge in [-0.25, -0.2) is 4.98 Å². The molecule has 1 fully saturated rings. The number of hydrogen-bond donors (Lipinski definition) is 1. The maximum absolute atomic E-state index is 11.8. The van der Waals surface area contributed by atoms with Crippen LogP contribution in [0.5, 0.6) is 0 Å². The van der Waals surface area contributed by atoms with Gasteiger partial charge in [0.15, 0.2) is 0 Å². The zero-order chi connectivity index (χ0) is 13.7. The molecule has 0 bridgehead atoms. The van der Waals surface area contributed by atoms with E-state index in [2.05, 4.69) is 33.7 Å². The van der Waals surface area contributed by atoms with Gasteiger partial charge in [-0.05, 0) is 19.2 Å². The maximum Gasteiger partial charge on any atom is 0.270 e. The first-order chi connectivity index (χ1) is 9.20. The summed E-state index contributed by atoms with van der Waals surface area (Å²) in [6.07, 6.45) is 1.65. The van der Waals surface area contributed by atoms with E-state index in [-0.39, 0.29) is 5.91 Å². The van der Waals surface area contributed by atoms with Gasteiger partial charge in [0.2, 0.25) is 0 Å². The summed E-state index contributed by atoms with van der Waals surface area (Å²) < 4.78 is 0. The van der Waals surface area contributed by atoms with Crippen LogP contribution in [-0.2, 0) is 0 Å². The fourth-order valence-corrected chi connectivity index (χ4v) is 2.02. The van der Waals surface area contributed by atoms with E-state index in [0.29, 0.717) is 12.2 Å². The van der Waals surface area contributed by atoms with E-state index in [9.17, 15) is 4.79 Å². The molecule has 0 spiro atoms. The van der Waals surface area contributed by atoms with Crippen LogP contribution in [-0.4, -0.2) is 55.6 Å². The number of amides is 1. The average Bonchev–Trinajstić information content (AvgIpc) is 2.45. The fraction of sp³-hybridized carbons (Fsp3) is 0.429. The summed E-state index contributed by atoms with van der Waals surface area (Å²) in [5, 5.41) is 2.74. The second-order valence-electron chi connectivity index (χ2n) is 4.67. The third-order valence-corrected chi connectivity index (χ3v) is 3.20. The predicted octanol–water partition coefficient (Wildman–Crippen LogP) is 0.749. The zero-order valence-corrected chi connectivity index (χ0v) is 11.3. The van der Waals surface area contributed by atoms with Gasteiger partial charge in [-0.3, -0.25) is 4.79 Å². The highest BCUT2D eigenvalue weighted by atomic mass is 16.1. The molecule has 1 aromatic rings. The largest absolute Gasteiger partial charge is 0.354 e. The third-order valence-electron chi connectivity index (χ3n) is 3.20. The Balaban J connectivity index is 2.06. The lowest BCUT2D eigenvalue weighted by Gasteiger charge is -2.33. The molecule has 5 heteroatoms. The minimum atomic E-state index is -0.157. The molecule has 0 aliphatic carbocycles. The van der Waals surface area contributed by atoms with Crippen LogP contribution in [0, 0.1) is 0 Å². The van der Waals surface area contributed by atoms with Crippen molar-refractivity contribution in [1.29, 1.82) is 0 Å². The Morgan fingerprint density at radius 3 is 2.84 bits per heavy atom. The zero-order valence-electron chi connectivity index (χ0n) is 11.3. The molecule has 1 N–H and O–H groups in total. The number of aromatic nitrogens is 1. The summed E-state index contributed by atoms with van der Waals surface area (Å²) in [4.78, 5) is 20.8. The first-order valence-electron chi connectivity index (χ1n) is 6.50. The van der Waals surface area contributed by atoms with Gasteiger partial charge in [-0.1, -0.05) is 12.1 Å². The van der Waals surface area contributed by atoms with Gasteiger partial charge in [-0.15, -0.1) is 6.58 Å². The summed E-state index contributed by atoms with van der Waals surface area (Å²) in [5.41, 5.74) is 0.457. The van der Waals surface area contributed by atoms with Crippen LogP contribution >= 0.6 is 0 Å². The van der Waals surface area contributed by atoms with Crippen LogP contribution in [0.2, 0.25) is 0 Å². The number of anilines is 1. The average molecular weight is 260 g/mol. The number of hydrogen-bond acceptors (Lipinski definition) is 4. The van der Waals surface area contributed by atoms with Crippen LogP contribution in [0.3, 0.4) is 0 Å². The topological polar surface area (TPSA) is 48.5 Å². The number of piperazine rings is 1. The van der Waals surface area contributed by atoms with E-state index in [0.717, 1.165) is 32.0 Å². The lowest BCUT2D eigenvalue weighted by Crippen LogP contribution is -2.45. The molecule has 1 aliphatic heterocycles. The van der Waals surface area contributed by atoms with Crippen LogP contribution in [0.25, 0.3) is 0 Å². The van der Waals surface area contributed by atoms with Gasteiger partial charge in [0, 0.05) is 32.7 Å². The SMILES string of the molecule is C=CCNC(=O)c1cccc(N2CCN(C)CC2)n1. The van der Waals surface area contributed by atoms with E-state index in [1.807, 2.05) is 12.1 Å². The molecule has 0 unspecified atom stereocenters. The first kappa shape index (κ1) is 13.5.